The summed E-state index contributed by atoms with van der Waals surface area (Å²) in [5.41, 5.74) is -1.85. The first kappa shape index (κ1) is 34.0. The number of halogens is 4. The number of benzene rings is 2. The van der Waals surface area contributed by atoms with E-state index in [2.05, 4.69) is 13.8 Å². The van der Waals surface area contributed by atoms with Crippen LogP contribution in [0.25, 0.3) is 12.2 Å². The maximum Gasteiger partial charge on any atom is 0.349 e. The van der Waals surface area contributed by atoms with E-state index in [1.54, 1.807) is 0 Å². The molecule has 8 nitrogen and oxygen atoms in total. The number of piperidine rings is 2. The zero-order chi connectivity index (χ0) is 33.4. The van der Waals surface area contributed by atoms with Crippen molar-refractivity contribution in [2.45, 2.75) is 39.5 Å². The molecule has 0 unspecified atom stereocenters. The zero-order valence-electron chi connectivity index (χ0n) is 25.6. The fourth-order valence-corrected chi connectivity index (χ4v) is 5.30. The molecule has 2 aromatic rings. The summed E-state index contributed by atoms with van der Waals surface area (Å²) in [6.07, 6.45) is 5.03. The lowest BCUT2D eigenvalue weighted by molar-refractivity contribution is -0.146. The number of esters is 2. The van der Waals surface area contributed by atoms with Gasteiger partial charge >= 0.3 is 11.9 Å². The lowest BCUT2D eigenvalue weighted by atomic mass is 9.98. The molecule has 2 aromatic carbocycles. The molecule has 0 radical (unpaired) electrons. The third-order valence-corrected chi connectivity index (χ3v) is 8.23. The number of ether oxygens (including phenoxy) is 2. The number of nitriles is 2. The first-order valence-corrected chi connectivity index (χ1v) is 15.1. The summed E-state index contributed by atoms with van der Waals surface area (Å²) in [5.74, 6) is -5.23. The molecular formula is C34H34F4N4O4. The molecule has 2 aliphatic heterocycles. The second-order valence-electron chi connectivity index (χ2n) is 11.6. The van der Waals surface area contributed by atoms with Gasteiger partial charge in [0.15, 0.2) is 0 Å². The van der Waals surface area contributed by atoms with Crippen LogP contribution in [-0.4, -0.2) is 51.3 Å². The van der Waals surface area contributed by atoms with Crippen LogP contribution in [0.3, 0.4) is 0 Å². The SMILES string of the molecule is CC1CCN(c2cc(F)c(C=C(C#N)C(=O)OCCOC(=O)C(C#N)=Cc3c(F)cc(N4CCC(C)CC4)cc3F)c(F)c2)CC1. The molecule has 4 rings (SSSR count). The van der Waals surface area contributed by atoms with Gasteiger partial charge in [-0.15, -0.1) is 0 Å². The van der Waals surface area contributed by atoms with E-state index in [0.717, 1.165) is 62.1 Å². The summed E-state index contributed by atoms with van der Waals surface area (Å²) in [6.45, 7) is 5.68. The van der Waals surface area contributed by atoms with Crippen LogP contribution in [0.15, 0.2) is 35.4 Å². The summed E-state index contributed by atoms with van der Waals surface area (Å²) >= 11 is 0. The number of nitrogens with zero attached hydrogens (tertiary/aromatic N) is 4. The monoisotopic (exact) mass is 638 g/mol. The van der Waals surface area contributed by atoms with Gasteiger partial charge in [-0.05, 0) is 73.9 Å². The maximum atomic E-state index is 14.8. The molecule has 2 heterocycles. The van der Waals surface area contributed by atoms with Gasteiger partial charge in [0.1, 0.15) is 59.8 Å². The summed E-state index contributed by atoms with van der Waals surface area (Å²) < 4.78 is 69.1. The predicted molar refractivity (Wildman–Crippen MR) is 163 cm³/mol. The Kier molecular flexibility index (Phi) is 11.4. The van der Waals surface area contributed by atoms with Crippen LogP contribution in [0, 0.1) is 57.8 Å². The maximum absolute atomic E-state index is 14.8. The molecule has 0 saturated carbocycles. The van der Waals surface area contributed by atoms with Crippen molar-refractivity contribution in [1.82, 2.24) is 0 Å². The van der Waals surface area contributed by atoms with Crippen LogP contribution in [0.2, 0.25) is 0 Å². The molecule has 2 saturated heterocycles. The minimum Gasteiger partial charge on any atom is -0.458 e. The molecule has 0 bridgehead atoms. The first-order valence-electron chi connectivity index (χ1n) is 15.1. The van der Waals surface area contributed by atoms with Gasteiger partial charge in [-0.1, -0.05) is 13.8 Å². The molecule has 2 aliphatic rings. The topological polar surface area (TPSA) is 107 Å². The van der Waals surface area contributed by atoms with Crippen LogP contribution in [0.5, 0.6) is 0 Å². The largest absolute Gasteiger partial charge is 0.458 e. The molecule has 0 aromatic heterocycles. The highest BCUT2D eigenvalue weighted by molar-refractivity contribution is 5.99. The highest BCUT2D eigenvalue weighted by atomic mass is 19.1. The van der Waals surface area contributed by atoms with E-state index in [0.29, 0.717) is 49.4 Å². The molecule has 2 fully saturated rings. The van der Waals surface area contributed by atoms with Crippen molar-refractivity contribution in [2.24, 2.45) is 11.8 Å². The molecule has 0 spiro atoms. The molecule has 242 valence electrons. The van der Waals surface area contributed by atoms with E-state index >= 15 is 0 Å². The van der Waals surface area contributed by atoms with E-state index in [1.807, 2.05) is 9.80 Å². The van der Waals surface area contributed by atoms with Gasteiger partial charge in [0.05, 0.1) is 0 Å². The number of hydrogen-bond acceptors (Lipinski definition) is 8. The van der Waals surface area contributed by atoms with Crippen molar-refractivity contribution in [3.05, 3.63) is 69.8 Å². The average Bonchev–Trinajstić information content (AvgIpc) is 3.03. The van der Waals surface area contributed by atoms with Gasteiger partial charge in [0.2, 0.25) is 0 Å². The van der Waals surface area contributed by atoms with E-state index in [1.165, 1.54) is 12.1 Å². The lowest BCUT2D eigenvalue weighted by Crippen LogP contribution is -2.32. The highest BCUT2D eigenvalue weighted by Gasteiger charge is 2.22. The fourth-order valence-electron chi connectivity index (χ4n) is 5.30. The standard InChI is InChI=1S/C34H34F4N4O4/c1-21-3-7-41(8-4-21)25-15-29(35)27(30(36)16-25)13-23(19-39)33(43)45-11-12-46-34(44)24(20-40)14-28-31(37)17-26(18-32(28)38)42-9-5-22(2)6-10-42/h13-18,21-22H,3-12H2,1-2H3. The van der Waals surface area contributed by atoms with Crippen molar-refractivity contribution in [3.63, 3.8) is 0 Å². The van der Waals surface area contributed by atoms with Crippen molar-refractivity contribution in [3.8, 4) is 12.1 Å². The van der Waals surface area contributed by atoms with E-state index < -0.39 is 70.7 Å². The van der Waals surface area contributed by atoms with Crippen molar-refractivity contribution in [2.75, 3.05) is 49.2 Å². The van der Waals surface area contributed by atoms with Crippen LogP contribution in [0.1, 0.15) is 50.7 Å². The quantitative estimate of drug-likeness (QED) is 0.103. The summed E-state index contributed by atoms with van der Waals surface area (Å²) in [4.78, 5) is 28.5. The van der Waals surface area contributed by atoms with E-state index in [4.69, 9.17) is 9.47 Å². The zero-order valence-corrected chi connectivity index (χ0v) is 25.6. The molecular weight excluding hydrogens is 604 g/mol. The van der Waals surface area contributed by atoms with Gasteiger partial charge in [-0.2, -0.15) is 10.5 Å². The molecule has 0 aliphatic carbocycles. The summed E-state index contributed by atoms with van der Waals surface area (Å²) in [6, 6.07) is 7.66. The van der Waals surface area contributed by atoms with Crippen LogP contribution in [0.4, 0.5) is 28.9 Å². The van der Waals surface area contributed by atoms with Gasteiger partial charge in [-0.25, -0.2) is 27.2 Å². The summed E-state index contributed by atoms with van der Waals surface area (Å²) in [7, 11) is 0. The Morgan fingerprint density at radius 2 is 1.00 bits per heavy atom. The Morgan fingerprint density at radius 3 is 1.28 bits per heavy atom. The highest BCUT2D eigenvalue weighted by Crippen LogP contribution is 2.29. The molecule has 0 atom stereocenters. The van der Waals surface area contributed by atoms with Crippen molar-refractivity contribution >= 4 is 35.5 Å². The average molecular weight is 639 g/mol. The van der Waals surface area contributed by atoms with Crippen LogP contribution < -0.4 is 9.80 Å². The van der Waals surface area contributed by atoms with Crippen LogP contribution >= 0.6 is 0 Å². The minimum absolute atomic E-state index is 0.363. The number of carbonyl (C=O) groups is 2. The second kappa shape index (κ2) is 15.4. The third kappa shape index (κ3) is 8.45. The van der Waals surface area contributed by atoms with Gasteiger partial charge in [0.25, 0.3) is 0 Å². The fraction of sp³-hybridized carbons (Fsp3) is 0.412. The Balaban J connectivity index is 1.34. The first-order chi connectivity index (χ1) is 22.0. The number of anilines is 2. The number of carbonyl (C=O) groups excluding carboxylic acids is 2. The normalized spacial score (nSPS) is 16.5. The molecule has 46 heavy (non-hydrogen) atoms. The Labute approximate surface area is 265 Å². The molecule has 0 N–H and O–H groups in total. The molecule has 0 amide bonds. The molecule has 12 heteroatoms. The number of hydrogen-bond donors (Lipinski definition) is 0. The Bertz CT molecular complexity index is 1450. The second-order valence-corrected chi connectivity index (χ2v) is 11.6. The minimum atomic E-state index is -1.23. The summed E-state index contributed by atoms with van der Waals surface area (Å²) in [5, 5.41) is 18.8. The van der Waals surface area contributed by atoms with Gasteiger partial charge < -0.3 is 19.3 Å². The van der Waals surface area contributed by atoms with E-state index in [9.17, 15) is 37.7 Å². The smallest absolute Gasteiger partial charge is 0.349 e. The van der Waals surface area contributed by atoms with Gasteiger partial charge in [-0.3, -0.25) is 0 Å². The third-order valence-electron chi connectivity index (χ3n) is 8.23. The van der Waals surface area contributed by atoms with Crippen molar-refractivity contribution < 1.29 is 36.6 Å². The van der Waals surface area contributed by atoms with Gasteiger partial charge in [0, 0.05) is 48.7 Å². The predicted octanol–water partition coefficient (Wildman–Crippen LogP) is 6.32. The van der Waals surface area contributed by atoms with Crippen LogP contribution in [-0.2, 0) is 19.1 Å². The number of rotatable bonds is 9. The van der Waals surface area contributed by atoms with E-state index in [-0.39, 0.29) is 0 Å². The Morgan fingerprint density at radius 1 is 0.696 bits per heavy atom. The Hall–Kier alpha value is -4.84. The lowest BCUT2D eigenvalue weighted by Gasteiger charge is -2.32. The van der Waals surface area contributed by atoms with Crippen molar-refractivity contribution in [1.29, 1.82) is 10.5 Å².